The van der Waals surface area contributed by atoms with E-state index >= 15 is 0 Å². The smallest absolute Gasteiger partial charge is 0.475 e. The summed E-state index contributed by atoms with van der Waals surface area (Å²) in [6, 6.07) is 7.21. The molecule has 0 fully saturated rings. The lowest BCUT2D eigenvalue weighted by Gasteiger charge is -1.94. The second-order valence-corrected chi connectivity index (χ2v) is 3.95. The quantitative estimate of drug-likeness (QED) is 0.880. The van der Waals surface area contributed by atoms with Crippen LogP contribution in [0.15, 0.2) is 28.7 Å². The third kappa shape index (κ3) is 5.40. The molecule has 1 aromatic carbocycles. The number of nitrogens with zero attached hydrogens (tertiary/aromatic N) is 2. The van der Waals surface area contributed by atoms with Crippen LogP contribution in [-0.4, -0.2) is 27.4 Å². The minimum atomic E-state index is -5.08. The molecule has 10 heteroatoms. The van der Waals surface area contributed by atoms with Gasteiger partial charge in [0.15, 0.2) is 0 Å². The first-order valence-corrected chi connectivity index (χ1v) is 5.70. The molecule has 0 aliphatic carbocycles. The second-order valence-electron chi connectivity index (χ2n) is 3.52. The van der Waals surface area contributed by atoms with E-state index in [1.165, 1.54) is 0 Å². The van der Waals surface area contributed by atoms with Crippen LogP contribution in [0.5, 0.6) is 0 Å². The van der Waals surface area contributed by atoms with Crippen molar-refractivity contribution in [1.29, 1.82) is 0 Å². The molecule has 1 heterocycles. The highest BCUT2D eigenvalue weighted by Gasteiger charge is 2.38. The molecule has 114 valence electrons. The van der Waals surface area contributed by atoms with E-state index in [9.17, 15) is 13.2 Å². The maximum atomic E-state index is 10.6. The lowest BCUT2D eigenvalue weighted by Crippen LogP contribution is -2.21. The van der Waals surface area contributed by atoms with Crippen LogP contribution in [0.3, 0.4) is 0 Å². The topological polar surface area (TPSA) is 102 Å². The number of carbonyl (C=O) groups is 1. The molecular formula is C11H9ClF3N3O3. The fourth-order valence-corrected chi connectivity index (χ4v) is 1.26. The van der Waals surface area contributed by atoms with Gasteiger partial charge in [-0.1, -0.05) is 17.7 Å². The summed E-state index contributed by atoms with van der Waals surface area (Å²) < 4.78 is 37.0. The van der Waals surface area contributed by atoms with E-state index in [1.807, 2.05) is 12.1 Å². The van der Waals surface area contributed by atoms with Gasteiger partial charge < -0.3 is 15.3 Å². The first-order valence-electron chi connectivity index (χ1n) is 5.32. The average Bonchev–Trinajstić information content (AvgIpc) is 2.87. The van der Waals surface area contributed by atoms with E-state index in [-0.39, 0.29) is 6.54 Å². The van der Waals surface area contributed by atoms with Gasteiger partial charge >= 0.3 is 12.1 Å². The Balaban J connectivity index is 0.000000270. The molecule has 0 unspecified atom stereocenters. The first kappa shape index (κ1) is 16.9. The highest BCUT2D eigenvalue weighted by atomic mass is 35.5. The van der Waals surface area contributed by atoms with E-state index in [1.54, 1.807) is 12.1 Å². The van der Waals surface area contributed by atoms with Crippen LogP contribution in [0.1, 0.15) is 5.89 Å². The molecule has 0 saturated carbocycles. The van der Waals surface area contributed by atoms with Gasteiger partial charge in [-0.3, -0.25) is 0 Å². The Bertz CT molecular complexity index is 616. The molecule has 0 aliphatic rings. The number of carboxylic acids is 1. The predicted molar refractivity (Wildman–Crippen MR) is 66.3 cm³/mol. The van der Waals surface area contributed by atoms with E-state index in [0.717, 1.165) is 5.56 Å². The summed E-state index contributed by atoms with van der Waals surface area (Å²) >= 11 is 5.82. The Morgan fingerprint density at radius 3 is 2.43 bits per heavy atom. The number of hydrogen-bond acceptors (Lipinski definition) is 5. The summed E-state index contributed by atoms with van der Waals surface area (Å²) in [5, 5.41) is 15.4. The number of halogens is 4. The normalized spacial score (nSPS) is 10.7. The summed E-state index contributed by atoms with van der Waals surface area (Å²) in [6.45, 7) is 0.244. The van der Waals surface area contributed by atoms with Crippen molar-refractivity contribution in [3.05, 3.63) is 35.2 Å². The van der Waals surface area contributed by atoms with Crippen molar-refractivity contribution in [3.63, 3.8) is 0 Å². The van der Waals surface area contributed by atoms with Crippen LogP contribution >= 0.6 is 11.6 Å². The van der Waals surface area contributed by atoms with Gasteiger partial charge in [-0.05, 0) is 18.2 Å². The van der Waals surface area contributed by atoms with Crippen LogP contribution in [-0.2, 0) is 11.3 Å². The molecule has 21 heavy (non-hydrogen) atoms. The number of alkyl halides is 3. The number of rotatable bonds is 2. The maximum absolute atomic E-state index is 10.6. The molecule has 2 aromatic rings. The number of nitrogens with two attached hydrogens (primary N) is 1. The van der Waals surface area contributed by atoms with Crippen LogP contribution in [0.25, 0.3) is 11.5 Å². The van der Waals surface area contributed by atoms with Gasteiger partial charge in [0.05, 0.1) is 6.54 Å². The summed E-state index contributed by atoms with van der Waals surface area (Å²) in [5.41, 5.74) is 6.14. The van der Waals surface area contributed by atoms with E-state index in [2.05, 4.69) is 10.2 Å². The molecule has 0 spiro atoms. The number of benzene rings is 1. The molecule has 0 radical (unpaired) electrons. The third-order valence-corrected chi connectivity index (χ3v) is 2.19. The Labute approximate surface area is 121 Å². The molecule has 0 aliphatic heterocycles. The second kappa shape index (κ2) is 7.04. The number of carboxylic acid groups (broad SMARTS) is 1. The van der Waals surface area contributed by atoms with E-state index < -0.39 is 12.1 Å². The SMILES string of the molecule is NCc1nnc(-c2cccc(Cl)c2)o1.O=C(O)C(F)(F)F. The Hall–Kier alpha value is -2.13. The van der Waals surface area contributed by atoms with Crippen molar-refractivity contribution in [2.24, 2.45) is 5.73 Å². The number of hydrogen-bond donors (Lipinski definition) is 2. The minimum Gasteiger partial charge on any atom is -0.475 e. The summed E-state index contributed by atoms with van der Waals surface area (Å²) in [7, 11) is 0. The third-order valence-electron chi connectivity index (χ3n) is 1.96. The van der Waals surface area contributed by atoms with Crippen molar-refractivity contribution in [2.45, 2.75) is 12.7 Å². The standard InChI is InChI=1S/C9H8ClN3O.C2HF3O2/c10-7-3-1-2-6(4-7)9-13-12-8(5-11)14-9;3-2(4,5)1(6)7/h1-4H,5,11H2;(H,6,7). The number of aliphatic carboxylic acids is 1. The van der Waals surface area contributed by atoms with Crippen LogP contribution in [0.2, 0.25) is 5.02 Å². The fraction of sp³-hybridized carbons (Fsp3) is 0.182. The lowest BCUT2D eigenvalue weighted by atomic mass is 10.2. The zero-order valence-corrected chi connectivity index (χ0v) is 11.0. The van der Waals surface area contributed by atoms with Gasteiger partial charge in [0.2, 0.25) is 11.8 Å². The largest absolute Gasteiger partial charge is 0.490 e. The first-order chi connectivity index (χ1) is 9.74. The molecule has 3 N–H and O–H groups in total. The van der Waals surface area contributed by atoms with Crippen molar-refractivity contribution in [1.82, 2.24) is 10.2 Å². The highest BCUT2D eigenvalue weighted by molar-refractivity contribution is 6.30. The van der Waals surface area contributed by atoms with Crippen molar-refractivity contribution in [2.75, 3.05) is 0 Å². The zero-order chi connectivity index (χ0) is 16.0. The van der Waals surface area contributed by atoms with Crippen molar-refractivity contribution >= 4 is 17.6 Å². The Morgan fingerprint density at radius 1 is 1.38 bits per heavy atom. The Kier molecular flexibility index (Phi) is 5.68. The van der Waals surface area contributed by atoms with Crippen LogP contribution in [0.4, 0.5) is 13.2 Å². The fourth-order valence-electron chi connectivity index (χ4n) is 1.07. The minimum absolute atomic E-state index is 0.244. The van der Waals surface area contributed by atoms with Crippen LogP contribution < -0.4 is 5.73 Å². The summed E-state index contributed by atoms with van der Waals surface area (Å²) in [4.78, 5) is 8.90. The molecule has 0 bridgehead atoms. The van der Waals surface area contributed by atoms with Gasteiger partial charge in [0, 0.05) is 10.6 Å². The Morgan fingerprint density at radius 2 is 2.00 bits per heavy atom. The highest BCUT2D eigenvalue weighted by Crippen LogP contribution is 2.21. The van der Waals surface area contributed by atoms with Gasteiger partial charge in [-0.25, -0.2) is 4.79 Å². The van der Waals surface area contributed by atoms with Gasteiger partial charge in [-0.2, -0.15) is 13.2 Å². The predicted octanol–water partition coefficient (Wildman–Crippen LogP) is 2.48. The molecule has 2 rings (SSSR count). The van der Waals surface area contributed by atoms with Gasteiger partial charge in [-0.15, -0.1) is 10.2 Å². The molecule has 0 amide bonds. The molecule has 0 saturated heterocycles. The maximum Gasteiger partial charge on any atom is 0.490 e. The molecular weight excluding hydrogens is 315 g/mol. The van der Waals surface area contributed by atoms with Crippen molar-refractivity contribution < 1.29 is 27.5 Å². The van der Waals surface area contributed by atoms with E-state index in [4.69, 9.17) is 31.7 Å². The monoisotopic (exact) mass is 323 g/mol. The van der Waals surface area contributed by atoms with Crippen molar-refractivity contribution in [3.8, 4) is 11.5 Å². The average molecular weight is 324 g/mol. The molecule has 6 nitrogen and oxygen atoms in total. The lowest BCUT2D eigenvalue weighted by molar-refractivity contribution is -0.192. The van der Waals surface area contributed by atoms with Crippen LogP contribution in [0, 0.1) is 0 Å². The van der Waals surface area contributed by atoms with Gasteiger partial charge in [0.25, 0.3) is 0 Å². The summed E-state index contributed by atoms with van der Waals surface area (Å²) in [6.07, 6.45) is -5.08. The number of aromatic nitrogens is 2. The molecule has 1 aromatic heterocycles. The summed E-state index contributed by atoms with van der Waals surface area (Å²) in [5.74, 6) is -1.90. The van der Waals surface area contributed by atoms with Gasteiger partial charge in [0.1, 0.15) is 0 Å². The molecule has 0 atom stereocenters. The van der Waals surface area contributed by atoms with E-state index in [0.29, 0.717) is 16.8 Å². The zero-order valence-electron chi connectivity index (χ0n) is 10.3.